The van der Waals surface area contributed by atoms with Gasteiger partial charge in [-0.25, -0.2) is 0 Å². The Labute approximate surface area is 97.3 Å². The van der Waals surface area contributed by atoms with Crippen molar-refractivity contribution in [3.8, 4) is 0 Å². The topological polar surface area (TPSA) is 20.3 Å². The van der Waals surface area contributed by atoms with E-state index in [-0.39, 0.29) is 6.04 Å². The summed E-state index contributed by atoms with van der Waals surface area (Å²) >= 11 is 0. The molecule has 1 amide bonds. The molecule has 0 aliphatic carbocycles. The van der Waals surface area contributed by atoms with Crippen molar-refractivity contribution in [3.63, 3.8) is 0 Å². The third-order valence-corrected chi connectivity index (χ3v) is 3.57. The quantitative estimate of drug-likeness (QED) is 0.762. The first kappa shape index (κ1) is 11.2. The van der Waals surface area contributed by atoms with Crippen molar-refractivity contribution in [2.24, 2.45) is 5.92 Å². The van der Waals surface area contributed by atoms with Gasteiger partial charge in [0, 0.05) is 13.0 Å². The van der Waals surface area contributed by atoms with Gasteiger partial charge >= 0.3 is 0 Å². The largest absolute Gasteiger partial charge is 0.336 e. The average molecular weight is 217 g/mol. The monoisotopic (exact) mass is 217 g/mol. The van der Waals surface area contributed by atoms with E-state index in [4.69, 9.17) is 0 Å². The van der Waals surface area contributed by atoms with Gasteiger partial charge in [-0.05, 0) is 18.4 Å². The first-order chi connectivity index (χ1) is 7.72. The van der Waals surface area contributed by atoms with Gasteiger partial charge in [-0.15, -0.1) is 0 Å². The average Bonchev–Trinajstić information content (AvgIpc) is 2.71. The highest BCUT2D eigenvalue weighted by Crippen LogP contribution is 2.29. The minimum atomic E-state index is 0.213. The van der Waals surface area contributed by atoms with E-state index in [1.165, 1.54) is 5.56 Å². The third-order valence-electron chi connectivity index (χ3n) is 3.57. The van der Waals surface area contributed by atoms with Crippen LogP contribution in [0.25, 0.3) is 0 Å². The van der Waals surface area contributed by atoms with Crippen molar-refractivity contribution in [3.05, 3.63) is 35.9 Å². The summed E-state index contributed by atoms with van der Waals surface area (Å²) in [5.74, 6) is 0.863. The van der Waals surface area contributed by atoms with E-state index in [1.807, 2.05) is 23.1 Å². The van der Waals surface area contributed by atoms with E-state index in [0.29, 0.717) is 11.8 Å². The molecule has 1 unspecified atom stereocenters. The predicted octanol–water partition coefficient (Wildman–Crippen LogP) is 3.01. The molecule has 2 atom stereocenters. The zero-order valence-corrected chi connectivity index (χ0v) is 10.0. The molecule has 0 saturated carbocycles. The van der Waals surface area contributed by atoms with Crippen molar-refractivity contribution in [1.82, 2.24) is 4.90 Å². The smallest absolute Gasteiger partial charge is 0.223 e. The van der Waals surface area contributed by atoms with Crippen molar-refractivity contribution < 1.29 is 4.79 Å². The van der Waals surface area contributed by atoms with Crippen LogP contribution in [0.5, 0.6) is 0 Å². The molecule has 86 valence electrons. The van der Waals surface area contributed by atoms with E-state index >= 15 is 0 Å². The number of carbonyl (C=O) groups is 1. The molecular formula is C14H19NO. The minimum absolute atomic E-state index is 0.213. The molecule has 1 aliphatic rings. The summed E-state index contributed by atoms with van der Waals surface area (Å²) in [6.45, 7) is 5.20. The zero-order chi connectivity index (χ0) is 11.5. The Kier molecular flexibility index (Phi) is 3.28. The summed E-state index contributed by atoms with van der Waals surface area (Å²) in [4.78, 5) is 13.9. The van der Waals surface area contributed by atoms with Crippen LogP contribution in [0.1, 0.15) is 38.3 Å². The maximum atomic E-state index is 11.9. The molecule has 1 heterocycles. The van der Waals surface area contributed by atoms with Gasteiger partial charge in [-0.2, -0.15) is 0 Å². The number of hydrogen-bond acceptors (Lipinski definition) is 1. The van der Waals surface area contributed by atoms with Crippen LogP contribution in [-0.2, 0) is 4.79 Å². The number of rotatable bonds is 3. The predicted molar refractivity (Wildman–Crippen MR) is 65.0 cm³/mol. The van der Waals surface area contributed by atoms with Gasteiger partial charge in [-0.3, -0.25) is 4.79 Å². The van der Waals surface area contributed by atoms with Gasteiger partial charge in [0.05, 0.1) is 6.04 Å². The molecular weight excluding hydrogens is 198 g/mol. The van der Waals surface area contributed by atoms with Crippen molar-refractivity contribution in [1.29, 1.82) is 0 Å². The van der Waals surface area contributed by atoms with Crippen LogP contribution in [0.4, 0.5) is 0 Å². The van der Waals surface area contributed by atoms with E-state index in [1.54, 1.807) is 0 Å². The molecule has 1 aromatic carbocycles. The molecule has 16 heavy (non-hydrogen) atoms. The fourth-order valence-corrected chi connectivity index (χ4v) is 2.37. The molecule has 2 heteroatoms. The summed E-state index contributed by atoms with van der Waals surface area (Å²) in [6, 6.07) is 10.5. The number of nitrogens with zero attached hydrogens (tertiary/aromatic N) is 1. The molecule has 0 bridgehead atoms. The number of likely N-dealkylation sites (tertiary alicyclic amines) is 1. The van der Waals surface area contributed by atoms with Crippen LogP contribution in [0.15, 0.2) is 30.3 Å². The van der Waals surface area contributed by atoms with Gasteiger partial charge in [0.1, 0.15) is 0 Å². The first-order valence-corrected chi connectivity index (χ1v) is 6.06. The second kappa shape index (κ2) is 4.69. The Morgan fingerprint density at radius 3 is 2.62 bits per heavy atom. The van der Waals surface area contributed by atoms with E-state index in [0.717, 1.165) is 19.4 Å². The van der Waals surface area contributed by atoms with Gasteiger partial charge in [0.2, 0.25) is 5.91 Å². The van der Waals surface area contributed by atoms with Crippen molar-refractivity contribution in [2.75, 3.05) is 6.54 Å². The van der Waals surface area contributed by atoms with Crippen molar-refractivity contribution >= 4 is 5.91 Å². The Morgan fingerprint density at radius 1 is 1.38 bits per heavy atom. The van der Waals surface area contributed by atoms with Crippen LogP contribution in [-0.4, -0.2) is 17.4 Å². The van der Waals surface area contributed by atoms with Crippen molar-refractivity contribution in [2.45, 2.75) is 32.7 Å². The first-order valence-electron chi connectivity index (χ1n) is 6.06. The summed E-state index contributed by atoms with van der Waals surface area (Å²) in [7, 11) is 0. The highest BCUT2D eigenvalue weighted by Gasteiger charge is 2.31. The maximum Gasteiger partial charge on any atom is 0.223 e. The Hall–Kier alpha value is -1.31. The summed E-state index contributed by atoms with van der Waals surface area (Å²) in [5, 5.41) is 0. The third kappa shape index (κ3) is 2.11. The molecule has 1 aromatic rings. The van der Waals surface area contributed by atoms with Gasteiger partial charge in [-0.1, -0.05) is 43.7 Å². The Balaban J connectivity index is 2.11. The highest BCUT2D eigenvalue weighted by molar-refractivity contribution is 5.79. The number of hydrogen-bond donors (Lipinski definition) is 0. The van der Waals surface area contributed by atoms with Crippen LogP contribution in [0.3, 0.4) is 0 Å². The lowest BCUT2D eigenvalue weighted by atomic mass is 10.1. The molecule has 0 spiro atoms. The molecule has 1 aliphatic heterocycles. The molecule has 2 rings (SSSR count). The highest BCUT2D eigenvalue weighted by atomic mass is 16.2. The van der Waals surface area contributed by atoms with Crippen LogP contribution < -0.4 is 0 Å². The van der Waals surface area contributed by atoms with Gasteiger partial charge in [0.25, 0.3) is 0 Å². The number of benzene rings is 1. The van der Waals surface area contributed by atoms with Crippen LogP contribution >= 0.6 is 0 Å². The standard InChI is InChI=1S/C14H19NO/c1-3-12-9-14(16)15(10-12)11(2)13-7-5-4-6-8-13/h4-8,11-12H,3,9-10H2,1-2H3/t11-,12?/m0/s1. The summed E-state index contributed by atoms with van der Waals surface area (Å²) in [6.07, 6.45) is 1.83. The number of carbonyl (C=O) groups excluding carboxylic acids is 1. The molecule has 0 aromatic heterocycles. The van der Waals surface area contributed by atoms with Crippen LogP contribution in [0.2, 0.25) is 0 Å². The maximum absolute atomic E-state index is 11.9. The van der Waals surface area contributed by atoms with Crippen LogP contribution in [0, 0.1) is 5.92 Å². The molecule has 1 fully saturated rings. The molecule has 1 saturated heterocycles. The number of amides is 1. The SMILES string of the molecule is CCC1CC(=O)N([C@@H](C)c2ccccc2)C1. The van der Waals surface area contributed by atoms with Gasteiger partial charge in [0.15, 0.2) is 0 Å². The van der Waals surface area contributed by atoms with E-state index in [2.05, 4.69) is 26.0 Å². The second-order valence-corrected chi connectivity index (χ2v) is 4.61. The minimum Gasteiger partial charge on any atom is -0.336 e. The lowest BCUT2D eigenvalue weighted by Gasteiger charge is -2.25. The Bertz CT molecular complexity index is 360. The fraction of sp³-hybridized carbons (Fsp3) is 0.500. The fourth-order valence-electron chi connectivity index (χ4n) is 2.37. The Morgan fingerprint density at radius 2 is 2.06 bits per heavy atom. The lowest BCUT2D eigenvalue weighted by Crippen LogP contribution is -2.28. The summed E-state index contributed by atoms with van der Waals surface area (Å²) in [5.41, 5.74) is 1.23. The zero-order valence-electron chi connectivity index (χ0n) is 10.0. The lowest BCUT2D eigenvalue weighted by molar-refractivity contribution is -0.129. The van der Waals surface area contributed by atoms with Gasteiger partial charge < -0.3 is 4.90 Å². The molecule has 0 radical (unpaired) electrons. The molecule has 2 nitrogen and oxygen atoms in total. The molecule has 0 N–H and O–H groups in total. The normalized spacial score (nSPS) is 22.5. The van der Waals surface area contributed by atoms with E-state index in [9.17, 15) is 4.79 Å². The second-order valence-electron chi connectivity index (χ2n) is 4.61. The van der Waals surface area contributed by atoms with E-state index < -0.39 is 0 Å². The summed E-state index contributed by atoms with van der Waals surface area (Å²) < 4.78 is 0.